The summed E-state index contributed by atoms with van der Waals surface area (Å²) < 4.78 is 5.18. The molecule has 112 valence electrons. The molecule has 1 aliphatic heterocycles. The first-order valence-electron chi connectivity index (χ1n) is 7.41. The van der Waals surface area contributed by atoms with Crippen molar-refractivity contribution in [2.75, 3.05) is 18.6 Å². The lowest BCUT2D eigenvalue weighted by molar-refractivity contribution is 0.396. The number of nitrogens with one attached hydrogen (secondary N) is 1. The van der Waals surface area contributed by atoms with Gasteiger partial charge in [-0.25, -0.2) is 4.98 Å². The molecule has 3 heterocycles. The lowest BCUT2D eigenvalue weighted by atomic mass is 9.97. The van der Waals surface area contributed by atoms with E-state index in [1.807, 2.05) is 0 Å². The van der Waals surface area contributed by atoms with Gasteiger partial charge in [-0.15, -0.1) is 0 Å². The van der Waals surface area contributed by atoms with Crippen molar-refractivity contribution in [2.24, 2.45) is 0 Å². The summed E-state index contributed by atoms with van der Waals surface area (Å²) >= 11 is 0. The maximum absolute atomic E-state index is 5.18. The predicted molar refractivity (Wildman–Crippen MR) is 80.6 cm³/mol. The van der Waals surface area contributed by atoms with Crippen LogP contribution < -0.4 is 9.64 Å². The predicted octanol–water partition coefficient (Wildman–Crippen LogP) is 2.28. The highest BCUT2D eigenvalue weighted by molar-refractivity contribution is 5.40. The molecule has 2 aromatic heterocycles. The minimum Gasteiger partial charge on any atom is -0.481 e. The lowest BCUT2D eigenvalue weighted by Crippen LogP contribution is -2.32. The van der Waals surface area contributed by atoms with Gasteiger partial charge in [-0.2, -0.15) is 10.1 Å². The second-order valence-corrected chi connectivity index (χ2v) is 5.45. The molecule has 21 heavy (non-hydrogen) atoms. The molecule has 0 radical (unpaired) electrons. The van der Waals surface area contributed by atoms with Crippen molar-refractivity contribution >= 4 is 5.95 Å². The second-order valence-electron chi connectivity index (χ2n) is 5.45. The van der Waals surface area contributed by atoms with Crippen LogP contribution in [0.2, 0.25) is 0 Å². The molecule has 0 amide bonds. The Morgan fingerprint density at radius 2 is 2.33 bits per heavy atom. The van der Waals surface area contributed by atoms with Crippen molar-refractivity contribution in [1.29, 1.82) is 0 Å². The van der Waals surface area contributed by atoms with Gasteiger partial charge in [-0.3, -0.25) is 5.10 Å². The standard InChI is InChI=1S/C15H21N5O/c1-4-10(2)14-11-9-20(8-6-12(11)18-19-14)15-16-7-5-13(17-15)21-3/h5,7,10H,4,6,8-9H2,1-3H3,(H,18,19). The molecular weight excluding hydrogens is 266 g/mol. The largest absolute Gasteiger partial charge is 0.481 e. The van der Waals surface area contributed by atoms with Crippen LogP contribution in [0.4, 0.5) is 5.95 Å². The Labute approximate surface area is 124 Å². The SMILES string of the molecule is CCC(C)c1n[nH]c2c1CN(c1nccc(OC)n1)CC2. The minimum absolute atomic E-state index is 0.469. The Hall–Kier alpha value is -2.11. The lowest BCUT2D eigenvalue weighted by Gasteiger charge is -2.27. The van der Waals surface area contributed by atoms with E-state index < -0.39 is 0 Å². The average Bonchev–Trinajstić information content (AvgIpc) is 2.97. The summed E-state index contributed by atoms with van der Waals surface area (Å²) in [6.07, 6.45) is 3.77. The summed E-state index contributed by atoms with van der Waals surface area (Å²) in [7, 11) is 1.62. The Bertz CT molecular complexity index is 624. The van der Waals surface area contributed by atoms with Gasteiger partial charge in [0.05, 0.1) is 12.8 Å². The number of methoxy groups -OCH3 is 1. The molecule has 0 aliphatic carbocycles. The Kier molecular flexibility index (Phi) is 3.77. The Morgan fingerprint density at radius 1 is 1.48 bits per heavy atom. The quantitative estimate of drug-likeness (QED) is 0.934. The second kappa shape index (κ2) is 5.71. The number of H-pyrrole nitrogens is 1. The summed E-state index contributed by atoms with van der Waals surface area (Å²) in [6.45, 7) is 6.11. The molecule has 1 atom stereocenters. The van der Waals surface area contributed by atoms with Gasteiger partial charge < -0.3 is 9.64 Å². The van der Waals surface area contributed by atoms with Crippen LogP contribution in [0.15, 0.2) is 12.3 Å². The molecule has 0 aromatic carbocycles. The highest BCUT2D eigenvalue weighted by Crippen LogP contribution is 2.28. The highest BCUT2D eigenvalue weighted by Gasteiger charge is 2.25. The average molecular weight is 287 g/mol. The molecule has 1 unspecified atom stereocenters. The smallest absolute Gasteiger partial charge is 0.228 e. The number of hydrogen-bond donors (Lipinski definition) is 1. The van der Waals surface area contributed by atoms with Gasteiger partial charge in [0, 0.05) is 48.9 Å². The zero-order chi connectivity index (χ0) is 14.8. The summed E-state index contributed by atoms with van der Waals surface area (Å²) in [6, 6.07) is 1.77. The highest BCUT2D eigenvalue weighted by atomic mass is 16.5. The third-order valence-corrected chi connectivity index (χ3v) is 4.15. The van der Waals surface area contributed by atoms with Gasteiger partial charge in [-0.1, -0.05) is 13.8 Å². The van der Waals surface area contributed by atoms with Crippen molar-refractivity contribution in [3.8, 4) is 5.88 Å². The fourth-order valence-corrected chi connectivity index (χ4v) is 2.69. The number of anilines is 1. The van der Waals surface area contributed by atoms with Gasteiger partial charge in [0.2, 0.25) is 11.8 Å². The van der Waals surface area contributed by atoms with E-state index >= 15 is 0 Å². The minimum atomic E-state index is 0.469. The maximum atomic E-state index is 5.18. The van der Waals surface area contributed by atoms with Gasteiger partial charge in [0.1, 0.15) is 0 Å². The molecule has 0 saturated carbocycles. The van der Waals surface area contributed by atoms with Crippen LogP contribution in [-0.2, 0) is 13.0 Å². The molecule has 1 aliphatic rings. The summed E-state index contributed by atoms with van der Waals surface area (Å²) in [4.78, 5) is 11.0. The van der Waals surface area contributed by atoms with Crippen LogP contribution in [0.3, 0.4) is 0 Å². The molecule has 1 N–H and O–H groups in total. The molecule has 3 rings (SSSR count). The van der Waals surface area contributed by atoms with Gasteiger partial charge in [0.15, 0.2) is 0 Å². The first kappa shape index (κ1) is 13.9. The van der Waals surface area contributed by atoms with Crippen LogP contribution >= 0.6 is 0 Å². The number of nitrogens with zero attached hydrogens (tertiary/aromatic N) is 4. The number of ether oxygens (including phenoxy) is 1. The monoisotopic (exact) mass is 287 g/mol. The van der Waals surface area contributed by atoms with Crippen molar-refractivity contribution in [3.63, 3.8) is 0 Å². The molecule has 0 saturated heterocycles. The van der Waals surface area contributed by atoms with Gasteiger partial charge >= 0.3 is 0 Å². The zero-order valence-electron chi connectivity index (χ0n) is 12.8. The third-order valence-electron chi connectivity index (χ3n) is 4.15. The number of hydrogen-bond acceptors (Lipinski definition) is 5. The van der Waals surface area contributed by atoms with Crippen LogP contribution in [-0.4, -0.2) is 33.8 Å². The molecule has 0 spiro atoms. The van der Waals surface area contributed by atoms with Crippen LogP contribution in [0, 0.1) is 0 Å². The van der Waals surface area contributed by atoms with E-state index in [0.717, 1.165) is 31.9 Å². The van der Waals surface area contributed by atoms with Crippen molar-refractivity contribution < 1.29 is 4.74 Å². The number of fused-ring (bicyclic) bond motifs is 1. The fourth-order valence-electron chi connectivity index (χ4n) is 2.69. The van der Waals surface area contributed by atoms with Crippen molar-refractivity contribution in [1.82, 2.24) is 20.2 Å². The van der Waals surface area contributed by atoms with Crippen molar-refractivity contribution in [3.05, 3.63) is 29.2 Å². The summed E-state index contributed by atoms with van der Waals surface area (Å²) in [5, 5.41) is 7.71. The molecule has 6 nitrogen and oxygen atoms in total. The van der Waals surface area contributed by atoms with E-state index in [4.69, 9.17) is 4.74 Å². The topological polar surface area (TPSA) is 66.9 Å². The molecule has 0 fully saturated rings. The summed E-state index contributed by atoms with van der Waals surface area (Å²) in [5.74, 6) is 1.78. The first-order chi connectivity index (χ1) is 10.2. The molecule has 0 bridgehead atoms. The Balaban J connectivity index is 1.87. The van der Waals surface area contributed by atoms with E-state index in [1.165, 1.54) is 17.0 Å². The first-order valence-corrected chi connectivity index (χ1v) is 7.41. The number of aromatic nitrogens is 4. The zero-order valence-corrected chi connectivity index (χ0v) is 12.8. The number of aromatic amines is 1. The van der Waals surface area contributed by atoms with Crippen molar-refractivity contribution in [2.45, 2.75) is 39.2 Å². The van der Waals surface area contributed by atoms with E-state index in [2.05, 4.69) is 38.9 Å². The molecular formula is C15H21N5O. The van der Waals surface area contributed by atoms with E-state index in [0.29, 0.717) is 11.8 Å². The van der Waals surface area contributed by atoms with E-state index in [1.54, 1.807) is 19.4 Å². The van der Waals surface area contributed by atoms with Gasteiger partial charge in [0.25, 0.3) is 0 Å². The maximum Gasteiger partial charge on any atom is 0.228 e. The Morgan fingerprint density at radius 3 is 3.10 bits per heavy atom. The number of rotatable bonds is 4. The van der Waals surface area contributed by atoms with Crippen LogP contribution in [0.25, 0.3) is 0 Å². The van der Waals surface area contributed by atoms with Crippen LogP contribution in [0.1, 0.15) is 43.1 Å². The fraction of sp³-hybridized carbons (Fsp3) is 0.533. The van der Waals surface area contributed by atoms with E-state index in [9.17, 15) is 0 Å². The van der Waals surface area contributed by atoms with Gasteiger partial charge in [-0.05, 0) is 6.42 Å². The normalized spacial score (nSPS) is 15.7. The van der Waals surface area contributed by atoms with E-state index in [-0.39, 0.29) is 0 Å². The third kappa shape index (κ3) is 2.57. The summed E-state index contributed by atoms with van der Waals surface area (Å²) in [5.41, 5.74) is 3.74. The molecule has 6 heteroatoms. The van der Waals surface area contributed by atoms with Crippen LogP contribution in [0.5, 0.6) is 5.88 Å². The molecule has 2 aromatic rings.